The highest BCUT2D eigenvalue weighted by Crippen LogP contribution is 2.31. The maximum Gasteiger partial charge on any atom is 0.187 e. The summed E-state index contributed by atoms with van der Waals surface area (Å²) >= 11 is 1.52. The predicted octanol–water partition coefficient (Wildman–Crippen LogP) is 5.71. The number of hydrogen-bond acceptors (Lipinski definition) is 7. The Hall–Kier alpha value is -2.77. The molecule has 0 aliphatic rings. The van der Waals surface area contributed by atoms with E-state index in [0.29, 0.717) is 16.8 Å². The van der Waals surface area contributed by atoms with Crippen molar-refractivity contribution in [1.29, 1.82) is 10.5 Å². The topological polar surface area (TPSA) is 88.4 Å². The summed E-state index contributed by atoms with van der Waals surface area (Å²) in [5.41, 5.74) is 1.19. The first-order valence-corrected chi connectivity index (χ1v) is 9.60. The third-order valence-electron chi connectivity index (χ3n) is 3.82. The molecule has 0 saturated carbocycles. The summed E-state index contributed by atoms with van der Waals surface area (Å²) in [4.78, 5) is 6.80. The van der Waals surface area contributed by atoms with Crippen LogP contribution in [0, 0.1) is 22.7 Å². The number of azo groups is 1. The van der Waals surface area contributed by atoms with Gasteiger partial charge in [0.25, 0.3) is 0 Å². The van der Waals surface area contributed by atoms with E-state index < -0.39 is 0 Å². The van der Waals surface area contributed by atoms with Crippen LogP contribution in [0.1, 0.15) is 50.7 Å². The molecular formula is C19H22N6S. The molecule has 2 aromatic rings. The number of hydrogen-bond donors (Lipinski definition) is 0. The van der Waals surface area contributed by atoms with E-state index in [1.807, 2.05) is 12.1 Å². The number of rotatable bonds is 9. The lowest BCUT2D eigenvalue weighted by Gasteiger charge is -2.21. The molecule has 0 bridgehead atoms. The van der Waals surface area contributed by atoms with E-state index in [-0.39, 0.29) is 0 Å². The summed E-state index contributed by atoms with van der Waals surface area (Å²) in [7, 11) is 0. The van der Waals surface area contributed by atoms with Gasteiger partial charge < -0.3 is 4.90 Å². The van der Waals surface area contributed by atoms with Gasteiger partial charge in [-0.25, -0.2) is 4.98 Å². The summed E-state index contributed by atoms with van der Waals surface area (Å²) in [5.74, 6) is 0. The molecular weight excluding hydrogens is 344 g/mol. The number of thiazole rings is 1. The largest absolute Gasteiger partial charge is 0.348 e. The molecule has 26 heavy (non-hydrogen) atoms. The Bertz CT molecular complexity index is 819. The van der Waals surface area contributed by atoms with Crippen LogP contribution < -0.4 is 4.90 Å². The highest BCUT2D eigenvalue weighted by Gasteiger charge is 2.10. The van der Waals surface area contributed by atoms with Crippen LogP contribution in [0.3, 0.4) is 0 Å². The number of benzene rings is 1. The van der Waals surface area contributed by atoms with Crippen LogP contribution in [0.5, 0.6) is 0 Å². The monoisotopic (exact) mass is 366 g/mol. The molecule has 0 spiro atoms. The number of anilines is 1. The number of aromatic nitrogens is 1. The molecule has 0 radical (unpaired) electrons. The second-order valence-corrected chi connectivity index (χ2v) is 6.82. The average molecular weight is 366 g/mol. The minimum absolute atomic E-state index is 0.305. The van der Waals surface area contributed by atoms with Crippen molar-refractivity contribution in [2.24, 2.45) is 10.2 Å². The first-order chi connectivity index (χ1) is 12.7. The van der Waals surface area contributed by atoms with Crippen molar-refractivity contribution in [3.05, 3.63) is 35.5 Å². The zero-order chi connectivity index (χ0) is 18.8. The Morgan fingerprint density at radius 3 is 2.35 bits per heavy atom. The van der Waals surface area contributed by atoms with E-state index in [2.05, 4.69) is 34.0 Å². The van der Waals surface area contributed by atoms with Crippen LogP contribution >= 0.6 is 11.3 Å². The maximum atomic E-state index is 9.08. The van der Waals surface area contributed by atoms with Crippen molar-refractivity contribution < 1.29 is 0 Å². The first-order valence-electron chi connectivity index (χ1n) is 8.78. The fourth-order valence-electron chi connectivity index (χ4n) is 2.34. The Morgan fingerprint density at radius 2 is 1.73 bits per heavy atom. The Labute approximate surface area is 158 Å². The van der Waals surface area contributed by atoms with Crippen LogP contribution in [0.25, 0.3) is 0 Å². The molecule has 0 aliphatic heterocycles. The van der Waals surface area contributed by atoms with Gasteiger partial charge in [0.2, 0.25) is 0 Å². The molecule has 6 nitrogen and oxygen atoms in total. The van der Waals surface area contributed by atoms with Crippen molar-refractivity contribution in [2.45, 2.75) is 39.5 Å². The van der Waals surface area contributed by atoms with E-state index in [1.54, 1.807) is 24.4 Å². The Kier molecular flexibility index (Phi) is 7.73. The van der Waals surface area contributed by atoms with Crippen molar-refractivity contribution >= 4 is 27.2 Å². The van der Waals surface area contributed by atoms with Gasteiger partial charge in [0.15, 0.2) is 10.1 Å². The van der Waals surface area contributed by atoms with Gasteiger partial charge in [0, 0.05) is 13.1 Å². The van der Waals surface area contributed by atoms with Crippen molar-refractivity contribution in [2.75, 3.05) is 18.0 Å². The fraction of sp³-hybridized carbons (Fsp3) is 0.421. The minimum atomic E-state index is 0.305. The standard InChI is InChI=1S/C19H22N6S/c1-3-5-9-25(10-6-4-2)19-22-14-18(26-19)24-23-17-8-7-15(12-20)16(11-17)13-21/h7-8,11,14H,3-6,9-10H2,1-2H3. The predicted molar refractivity (Wildman–Crippen MR) is 104 cm³/mol. The van der Waals surface area contributed by atoms with Crippen molar-refractivity contribution in [3.8, 4) is 12.1 Å². The van der Waals surface area contributed by atoms with Crippen molar-refractivity contribution in [1.82, 2.24) is 4.98 Å². The lowest BCUT2D eigenvalue weighted by atomic mass is 10.1. The second-order valence-electron chi connectivity index (χ2n) is 5.83. The summed E-state index contributed by atoms with van der Waals surface area (Å²) in [6.45, 7) is 6.38. The molecule has 1 heterocycles. The van der Waals surface area contributed by atoms with Gasteiger partial charge in [-0.15, -0.1) is 10.2 Å². The number of nitriles is 2. The third-order valence-corrected chi connectivity index (χ3v) is 4.77. The Morgan fingerprint density at radius 1 is 1.04 bits per heavy atom. The van der Waals surface area contributed by atoms with Gasteiger partial charge in [-0.05, 0) is 31.0 Å². The van der Waals surface area contributed by atoms with Crippen LogP contribution in [0.4, 0.5) is 15.8 Å². The van der Waals surface area contributed by atoms with E-state index in [0.717, 1.165) is 48.9 Å². The van der Waals surface area contributed by atoms with Gasteiger partial charge in [-0.3, -0.25) is 0 Å². The van der Waals surface area contributed by atoms with Gasteiger partial charge in [-0.1, -0.05) is 38.0 Å². The normalized spacial score (nSPS) is 10.6. The van der Waals surface area contributed by atoms with Crippen LogP contribution in [-0.4, -0.2) is 18.1 Å². The number of nitrogens with zero attached hydrogens (tertiary/aromatic N) is 6. The zero-order valence-electron chi connectivity index (χ0n) is 15.1. The fourth-order valence-corrected chi connectivity index (χ4v) is 3.13. The average Bonchev–Trinajstić information content (AvgIpc) is 3.15. The van der Waals surface area contributed by atoms with Crippen LogP contribution in [-0.2, 0) is 0 Å². The maximum absolute atomic E-state index is 9.08. The summed E-state index contributed by atoms with van der Waals surface area (Å²) < 4.78 is 0. The molecule has 7 heteroatoms. The summed E-state index contributed by atoms with van der Waals surface area (Å²) in [6, 6.07) is 8.83. The van der Waals surface area contributed by atoms with E-state index >= 15 is 0 Å². The van der Waals surface area contributed by atoms with Gasteiger partial charge in [-0.2, -0.15) is 10.5 Å². The number of unbranched alkanes of at least 4 members (excludes halogenated alkanes) is 2. The molecule has 0 amide bonds. The molecule has 0 atom stereocenters. The lowest BCUT2D eigenvalue weighted by molar-refractivity contribution is 0.676. The quantitative estimate of drug-likeness (QED) is 0.532. The molecule has 1 aromatic heterocycles. The molecule has 0 aliphatic carbocycles. The molecule has 1 aromatic carbocycles. The molecule has 134 valence electrons. The van der Waals surface area contributed by atoms with E-state index in [4.69, 9.17) is 10.5 Å². The third kappa shape index (κ3) is 5.37. The van der Waals surface area contributed by atoms with Crippen LogP contribution in [0.15, 0.2) is 34.6 Å². The highest BCUT2D eigenvalue weighted by atomic mass is 32.1. The van der Waals surface area contributed by atoms with Gasteiger partial charge in [0.1, 0.15) is 12.1 Å². The Balaban J connectivity index is 2.12. The minimum Gasteiger partial charge on any atom is -0.348 e. The van der Waals surface area contributed by atoms with Gasteiger partial charge in [0.05, 0.1) is 23.0 Å². The lowest BCUT2D eigenvalue weighted by Crippen LogP contribution is -2.25. The van der Waals surface area contributed by atoms with E-state index in [9.17, 15) is 0 Å². The molecule has 0 unspecified atom stereocenters. The zero-order valence-corrected chi connectivity index (χ0v) is 16.0. The van der Waals surface area contributed by atoms with Crippen molar-refractivity contribution in [3.63, 3.8) is 0 Å². The smallest absolute Gasteiger partial charge is 0.187 e. The molecule has 0 fully saturated rings. The molecule has 0 saturated heterocycles. The molecule has 2 rings (SSSR count). The van der Waals surface area contributed by atoms with Crippen LogP contribution in [0.2, 0.25) is 0 Å². The first kappa shape index (κ1) is 19.6. The SMILES string of the molecule is CCCCN(CCCC)c1ncc(N=Nc2ccc(C#N)c(C#N)c2)s1. The molecule has 0 N–H and O–H groups in total. The second kappa shape index (κ2) is 10.3. The highest BCUT2D eigenvalue weighted by molar-refractivity contribution is 7.19. The summed E-state index contributed by atoms with van der Waals surface area (Å²) in [5, 5.41) is 28.1. The summed E-state index contributed by atoms with van der Waals surface area (Å²) in [6.07, 6.45) is 6.31. The van der Waals surface area contributed by atoms with Gasteiger partial charge >= 0.3 is 0 Å². The van der Waals surface area contributed by atoms with E-state index in [1.165, 1.54) is 11.3 Å².